The first kappa shape index (κ1) is 12.7. The van der Waals surface area contributed by atoms with Crippen LogP contribution < -0.4 is 5.32 Å². The van der Waals surface area contributed by atoms with E-state index in [4.69, 9.17) is 0 Å². The highest BCUT2D eigenvalue weighted by molar-refractivity contribution is 7.09. The number of nitrogens with zero attached hydrogens (tertiary/aromatic N) is 5. The van der Waals surface area contributed by atoms with Gasteiger partial charge in [-0.1, -0.05) is 12.1 Å². The molecule has 0 saturated carbocycles. The summed E-state index contributed by atoms with van der Waals surface area (Å²) < 4.78 is 1.66. The summed E-state index contributed by atoms with van der Waals surface area (Å²) in [7, 11) is 1.83. The molecule has 0 radical (unpaired) electrons. The second kappa shape index (κ2) is 5.38. The van der Waals surface area contributed by atoms with Crippen LogP contribution in [0.3, 0.4) is 0 Å². The summed E-state index contributed by atoms with van der Waals surface area (Å²) >= 11 is 1.66. The zero-order valence-electron chi connectivity index (χ0n) is 11.2. The minimum atomic E-state index is 0.713. The van der Waals surface area contributed by atoms with Crippen molar-refractivity contribution in [2.75, 3.05) is 5.32 Å². The van der Waals surface area contributed by atoms with Gasteiger partial charge in [0, 0.05) is 23.7 Å². The first-order chi connectivity index (χ1) is 9.72. The van der Waals surface area contributed by atoms with Crippen molar-refractivity contribution in [2.45, 2.75) is 13.5 Å². The summed E-state index contributed by atoms with van der Waals surface area (Å²) in [5.41, 5.74) is 3.06. The molecule has 2 heterocycles. The number of aromatic nitrogens is 5. The van der Waals surface area contributed by atoms with Crippen molar-refractivity contribution in [3.8, 4) is 11.4 Å². The molecule has 0 saturated heterocycles. The number of hydrogen-bond acceptors (Lipinski definition) is 6. The van der Waals surface area contributed by atoms with Crippen molar-refractivity contribution in [3.63, 3.8) is 0 Å². The monoisotopic (exact) mass is 286 g/mol. The van der Waals surface area contributed by atoms with Gasteiger partial charge in [0.1, 0.15) is 0 Å². The van der Waals surface area contributed by atoms with E-state index < -0.39 is 0 Å². The topological polar surface area (TPSA) is 68.5 Å². The second-order valence-corrected chi connectivity index (χ2v) is 5.48. The van der Waals surface area contributed by atoms with E-state index in [2.05, 4.69) is 31.2 Å². The van der Waals surface area contributed by atoms with Crippen LogP contribution in [-0.4, -0.2) is 25.2 Å². The van der Waals surface area contributed by atoms with Crippen LogP contribution >= 0.6 is 11.3 Å². The minimum absolute atomic E-state index is 0.713. The predicted molar refractivity (Wildman–Crippen MR) is 78.4 cm³/mol. The molecular formula is C13H14N6S. The smallest absolute Gasteiger partial charge is 0.181 e. The maximum absolute atomic E-state index is 4.43. The van der Waals surface area contributed by atoms with Gasteiger partial charge in [0.2, 0.25) is 0 Å². The highest BCUT2D eigenvalue weighted by atomic mass is 32.1. The van der Waals surface area contributed by atoms with E-state index in [1.807, 2.05) is 38.2 Å². The van der Waals surface area contributed by atoms with Crippen molar-refractivity contribution in [2.24, 2.45) is 7.05 Å². The molecule has 0 fully saturated rings. The summed E-state index contributed by atoms with van der Waals surface area (Å²) in [5.74, 6) is 0.748. The fourth-order valence-electron chi connectivity index (χ4n) is 1.92. The zero-order chi connectivity index (χ0) is 13.9. The molecule has 0 amide bonds. The molecule has 0 bridgehead atoms. The lowest BCUT2D eigenvalue weighted by atomic mass is 10.2. The molecule has 6 nitrogen and oxygen atoms in total. The van der Waals surface area contributed by atoms with Gasteiger partial charge >= 0.3 is 0 Å². The summed E-state index contributed by atoms with van der Waals surface area (Å²) in [6.45, 7) is 2.72. The molecule has 1 N–H and O–H groups in total. The summed E-state index contributed by atoms with van der Waals surface area (Å²) in [4.78, 5) is 4.43. The van der Waals surface area contributed by atoms with Crippen LogP contribution in [0.15, 0.2) is 29.6 Å². The number of anilines is 1. The highest BCUT2D eigenvalue weighted by Crippen LogP contribution is 2.20. The van der Waals surface area contributed by atoms with E-state index in [0.29, 0.717) is 6.54 Å². The Balaban J connectivity index is 1.76. The first-order valence-corrected chi connectivity index (χ1v) is 7.08. The largest absolute Gasteiger partial charge is 0.379 e. The second-order valence-electron chi connectivity index (χ2n) is 4.42. The van der Waals surface area contributed by atoms with Crippen molar-refractivity contribution < 1.29 is 0 Å². The number of benzene rings is 1. The quantitative estimate of drug-likeness (QED) is 0.796. The Labute approximate surface area is 120 Å². The lowest BCUT2D eigenvalue weighted by Gasteiger charge is -2.06. The maximum atomic E-state index is 4.43. The van der Waals surface area contributed by atoms with Gasteiger partial charge in [0.05, 0.1) is 17.2 Å². The van der Waals surface area contributed by atoms with E-state index in [-0.39, 0.29) is 0 Å². The molecule has 102 valence electrons. The third-order valence-corrected chi connectivity index (χ3v) is 3.70. The number of rotatable bonds is 4. The SMILES string of the molecule is Cc1nc(CNc2cccc(-c3nnnn3C)c2)cs1. The Morgan fingerprint density at radius 3 is 2.95 bits per heavy atom. The summed E-state index contributed by atoms with van der Waals surface area (Å²) in [5, 5.41) is 18.0. The third kappa shape index (κ3) is 2.67. The molecule has 0 aliphatic carbocycles. The number of thiazole rings is 1. The Kier molecular flexibility index (Phi) is 3.42. The third-order valence-electron chi connectivity index (χ3n) is 2.88. The van der Waals surface area contributed by atoms with E-state index in [1.54, 1.807) is 16.0 Å². The highest BCUT2D eigenvalue weighted by Gasteiger charge is 2.06. The van der Waals surface area contributed by atoms with Crippen LogP contribution in [-0.2, 0) is 13.6 Å². The predicted octanol–water partition coefficient (Wildman–Crippen LogP) is 2.25. The fraction of sp³-hybridized carbons (Fsp3) is 0.231. The molecule has 1 aromatic carbocycles. The van der Waals surface area contributed by atoms with Crippen LogP contribution in [0.25, 0.3) is 11.4 Å². The molecule has 3 aromatic rings. The van der Waals surface area contributed by atoms with E-state index in [9.17, 15) is 0 Å². The molecule has 0 aliphatic heterocycles. The van der Waals surface area contributed by atoms with Crippen LogP contribution in [0.5, 0.6) is 0 Å². The minimum Gasteiger partial charge on any atom is -0.379 e. The Morgan fingerprint density at radius 2 is 2.25 bits per heavy atom. The molecule has 0 spiro atoms. The first-order valence-electron chi connectivity index (χ1n) is 6.20. The molecule has 2 aromatic heterocycles. The number of tetrazole rings is 1. The van der Waals surface area contributed by atoms with Crippen molar-refractivity contribution in [1.82, 2.24) is 25.2 Å². The molecule has 0 unspecified atom stereocenters. The van der Waals surface area contributed by atoms with E-state index in [1.165, 1.54) is 0 Å². The van der Waals surface area contributed by atoms with E-state index in [0.717, 1.165) is 27.8 Å². The number of hydrogen-bond donors (Lipinski definition) is 1. The normalized spacial score (nSPS) is 10.7. The molecule has 7 heteroatoms. The molecule has 0 aliphatic rings. The zero-order valence-corrected chi connectivity index (χ0v) is 12.1. The Hall–Kier alpha value is -2.28. The van der Waals surface area contributed by atoms with Crippen molar-refractivity contribution in [1.29, 1.82) is 0 Å². The standard InChI is InChI=1S/C13H14N6S/c1-9-15-12(8-20-9)7-14-11-5-3-4-10(6-11)13-16-17-18-19(13)2/h3-6,8,14H,7H2,1-2H3. The van der Waals surface area contributed by atoms with Gasteiger partial charge in [-0.25, -0.2) is 9.67 Å². The lowest BCUT2D eigenvalue weighted by molar-refractivity contribution is 0.714. The van der Waals surface area contributed by atoms with Crippen LogP contribution in [0.1, 0.15) is 10.7 Å². The molecule has 0 atom stereocenters. The summed E-state index contributed by atoms with van der Waals surface area (Å²) in [6, 6.07) is 8.03. The van der Waals surface area contributed by atoms with Crippen LogP contribution in [0.2, 0.25) is 0 Å². The number of nitrogens with one attached hydrogen (secondary N) is 1. The summed E-state index contributed by atoms with van der Waals surface area (Å²) in [6.07, 6.45) is 0. The average Bonchev–Trinajstić information content (AvgIpc) is 3.05. The maximum Gasteiger partial charge on any atom is 0.181 e. The Morgan fingerprint density at radius 1 is 1.35 bits per heavy atom. The lowest BCUT2D eigenvalue weighted by Crippen LogP contribution is -2.00. The van der Waals surface area contributed by atoms with Gasteiger partial charge in [0.15, 0.2) is 5.82 Å². The van der Waals surface area contributed by atoms with Gasteiger partial charge in [-0.3, -0.25) is 0 Å². The molecular weight excluding hydrogens is 272 g/mol. The number of aryl methyl sites for hydroxylation is 2. The van der Waals surface area contributed by atoms with Crippen LogP contribution in [0, 0.1) is 6.92 Å². The van der Waals surface area contributed by atoms with E-state index >= 15 is 0 Å². The molecule has 3 rings (SSSR count). The average molecular weight is 286 g/mol. The Bertz CT molecular complexity index is 717. The fourth-order valence-corrected chi connectivity index (χ4v) is 2.54. The van der Waals surface area contributed by atoms with Gasteiger partial charge in [-0.2, -0.15) is 0 Å². The van der Waals surface area contributed by atoms with Gasteiger partial charge in [0.25, 0.3) is 0 Å². The van der Waals surface area contributed by atoms with Crippen molar-refractivity contribution in [3.05, 3.63) is 40.3 Å². The van der Waals surface area contributed by atoms with Crippen LogP contribution in [0.4, 0.5) is 5.69 Å². The molecule has 20 heavy (non-hydrogen) atoms. The van der Waals surface area contributed by atoms with Crippen molar-refractivity contribution >= 4 is 17.0 Å². The van der Waals surface area contributed by atoms with Gasteiger partial charge < -0.3 is 5.32 Å². The van der Waals surface area contributed by atoms with Gasteiger partial charge in [-0.05, 0) is 29.5 Å². The van der Waals surface area contributed by atoms with Gasteiger partial charge in [-0.15, -0.1) is 16.4 Å².